The van der Waals surface area contributed by atoms with E-state index in [1.54, 1.807) is 6.92 Å². The van der Waals surface area contributed by atoms with Crippen LogP contribution in [0, 0.1) is 5.92 Å². The van der Waals surface area contributed by atoms with E-state index in [2.05, 4.69) is 13.8 Å². The Hall–Kier alpha value is -0.570. The SMILES string of the molecule is CC(O)CCC(=O)N1CCCC(C)C1C. The van der Waals surface area contributed by atoms with Crippen LogP contribution in [0.25, 0.3) is 0 Å². The first-order valence-corrected chi connectivity index (χ1v) is 6.00. The van der Waals surface area contributed by atoms with Gasteiger partial charge in [0.1, 0.15) is 0 Å². The zero-order valence-electron chi connectivity index (χ0n) is 10.1. The summed E-state index contributed by atoms with van der Waals surface area (Å²) in [7, 11) is 0. The van der Waals surface area contributed by atoms with Crippen LogP contribution in [0.5, 0.6) is 0 Å². The summed E-state index contributed by atoms with van der Waals surface area (Å²) in [5.74, 6) is 0.809. The molecule has 3 nitrogen and oxygen atoms in total. The number of nitrogens with zero attached hydrogens (tertiary/aromatic N) is 1. The van der Waals surface area contributed by atoms with Crippen LogP contribution < -0.4 is 0 Å². The zero-order chi connectivity index (χ0) is 11.4. The monoisotopic (exact) mass is 213 g/mol. The van der Waals surface area contributed by atoms with Crippen molar-refractivity contribution in [2.75, 3.05) is 6.54 Å². The minimum atomic E-state index is -0.369. The molecule has 1 aliphatic rings. The average molecular weight is 213 g/mol. The number of carbonyl (C=O) groups is 1. The van der Waals surface area contributed by atoms with Gasteiger partial charge >= 0.3 is 0 Å². The lowest BCUT2D eigenvalue weighted by molar-refractivity contribution is -0.136. The molecule has 0 aliphatic carbocycles. The maximum Gasteiger partial charge on any atom is 0.222 e. The van der Waals surface area contributed by atoms with Gasteiger partial charge in [0.25, 0.3) is 0 Å². The van der Waals surface area contributed by atoms with E-state index in [4.69, 9.17) is 5.11 Å². The fourth-order valence-electron chi connectivity index (χ4n) is 2.16. The Morgan fingerprint density at radius 2 is 2.20 bits per heavy atom. The molecule has 1 rings (SSSR count). The first kappa shape index (κ1) is 12.5. The Labute approximate surface area is 92.5 Å². The van der Waals surface area contributed by atoms with E-state index in [1.165, 1.54) is 6.42 Å². The number of rotatable bonds is 3. The maximum atomic E-state index is 11.9. The van der Waals surface area contributed by atoms with Crippen molar-refractivity contribution >= 4 is 5.91 Å². The lowest BCUT2D eigenvalue weighted by atomic mass is 9.91. The number of likely N-dealkylation sites (tertiary alicyclic amines) is 1. The van der Waals surface area contributed by atoms with Crippen molar-refractivity contribution in [2.45, 2.75) is 58.6 Å². The molecule has 0 saturated carbocycles. The molecule has 1 heterocycles. The van der Waals surface area contributed by atoms with Crippen molar-refractivity contribution in [1.29, 1.82) is 0 Å². The minimum Gasteiger partial charge on any atom is -0.393 e. The third kappa shape index (κ3) is 3.49. The standard InChI is InChI=1S/C12H23NO2/c1-9-5-4-8-13(11(9)3)12(15)7-6-10(2)14/h9-11,14H,4-8H2,1-3H3. The van der Waals surface area contributed by atoms with Crippen LogP contribution in [-0.2, 0) is 4.79 Å². The summed E-state index contributed by atoms with van der Waals surface area (Å²) >= 11 is 0. The highest BCUT2D eigenvalue weighted by Gasteiger charge is 2.27. The Morgan fingerprint density at radius 3 is 2.80 bits per heavy atom. The van der Waals surface area contributed by atoms with Crippen molar-refractivity contribution in [3.05, 3.63) is 0 Å². The van der Waals surface area contributed by atoms with Gasteiger partial charge in [-0.25, -0.2) is 0 Å². The van der Waals surface area contributed by atoms with Crippen molar-refractivity contribution in [3.63, 3.8) is 0 Å². The molecule has 1 amide bonds. The molecule has 0 aromatic carbocycles. The molecule has 1 aliphatic heterocycles. The second-order valence-electron chi connectivity index (χ2n) is 4.83. The van der Waals surface area contributed by atoms with Crippen molar-refractivity contribution < 1.29 is 9.90 Å². The second kappa shape index (κ2) is 5.50. The number of aliphatic hydroxyl groups is 1. The summed E-state index contributed by atoms with van der Waals surface area (Å²) in [4.78, 5) is 13.9. The molecule has 3 unspecified atom stereocenters. The highest BCUT2D eigenvalue weighted by atomic mass is 16.3. The molecule has 1 saturated heterocycles. The zero-order valence-corrected chi connectivity index (χ0v) is 10.1. The van der Waals surface area contributed by atoms with Crippen LogP contribution in [0.1, 0.15) is 46.5 Å². The molecule has 0 radical (unpaired) electrons. The Morgan fingerprint density at radius 1 is 1.53 bits per heavy atom. The normalized spacial score (nSPS) is 28.9. The molecular formula is C12H23NO2. The number of carbonyl (C=O) groups excluding carboxylic acids is 1. The van der Waals surface area contributed by atoms with Gasteiger partial charge in [0.15, 0.2) is 0 Å². The third-order valence-corrected chi connectivity index (χ3v) is 3.47. The summed E-state index contributed by atoms with van der Waals surface area (Å²) in [5.41, 5.74) is 0. The summed E-state index contributed by atoms with van der Waals surface area (Å²) in [5, 5.41) is 9.15. The van der Waals surface area contributed by atoms with Gasteiger partial charge in [-0.3, -0.25) is 4.79 Å². The first-order valence-electron chi connectivity index (χ1n) is 6.00. The molecule has 1 fully saturated rings. The average Bonchev–Trinajstić information content (AvgIpc) is 2.18. The summed E-state index contributed by atoms with van der Waals surface area (Å²) < 4.78 is 0. The summed E-state index contributed by atoms with van der Waals surface area (Å²) in [6.45, 7) is 6.96. The van der Waals surface area contributed by atoms with E-state index in [0.29, 0.717) is 24.8 Å². The van der Waals surface area contributed by atoms with Gasteiger partial charge in [-0.1, -0.05) is 6.92 Å². The molecule has 15 heavy (non-hydrogen) atoms. The topological polar surface area (TPSA) is 40.5 Å². The van der Waals surface area contributed by atoms with Gasteiger partial charge in [-0.05, 0) is 39.0 Å². The second-order valence-corrected chi connectivity index (χ2v) is 4.83. The van der Waals surface area contributed by atoms with Crippen molar-refractivity contribution in [3.8, 4) is 0 Å². The van der Waals surface area contributed by atoms with E-state index in [-0.39, 0.29) is 12.0 Å². The molecule has 3 heteroatoms. The van der Waals surface area contributed by atoms with E-state index in [1.807, 2.05) is 4.90 Å². The van der Waals surface area contributed by atoms with Crippen LogP contribution in [0.3, 0.4) is 0 Å². The van der Waals surface area contributed by atoms with Crippen LogP contribution in [0.15, 0.2) is 0 Å². The Kier molecular flexibility index (Phi) is 4.58. The largest absolute Gasteiger partial charge is 0.393 e. The van der Waals surface area contributed by atoms with Gasteiger partial charge in [-0.2, -0.15) is 0 Å². The fraction of sp³-hybridized carbons (Fsp3) is 0.917. The smallest absolute Gasteiger partial charge is 0.222 e. The number of aliphatic hydroxyl groups excluding tert-OH is 1. The number of hydrogen-bond donors (Lipinski definition) is 1. The Balaban J connectivity index is 2.43. The highest BCUT2D eigenvalue weighted by Crippen LogP contribution is 2.23. The van der Waals surface area contributed by atoms with Crippen LogP contribution in [0.2, 0.25) is 0 Å². The summed E-state index contributed by atoms with van der Waals surface area (Å²) in [6, 6.07) is 0.361. The minimum absolute atomic E-state index is 0.204. The fourth-order valence-corrected chi connectivity index (χ4v) is 2.16. The van der Waals surface area contributed by atoms with Crippen molar-refractivity contribution in [2.24, 2.45) is 5.92 Å². The lowest BCUT2D eigenvalue weighted by Crippen LogP contribution is -2.46. The predicted molar refractivity (Wildman–Crippen MR) is 60.5 cm³/mol. The molecule has 1 N–H and O–H groups in total. The molecule has 88 valence electrons. The quantitative estimate of drug-likeness (QED) is 0.776. The van der Waals surface area contributed by atoms with Crippen LogP contribution >= 0.6 is 0 Å². The van der Waals surface area contributed by atoms with Gasteiger partial charge in [-0.15, -0.1) is 0 Å². The van der Waals surface area contributed by atoms with Gasteiger partial charge in [0.2, 0.25) is 5.91 Å². The van der Waals surface area contributed by atoms with E-state index in [9.17, 15) is 4.79 Å². The molecule has 0 aromatic heterocycles. The first-order chi connectivity index (χ1) is 7.02. The van der Waals surface area contributed by atoms with Gasteiger partial charge < -0.3 is 10.0 Å². The number of amides is 1. The third-order valence-electron chi connectivity index (χ3n) is 3.47. The van der Waals surface area contributed by atoms with Gasteiger partial charge in [0, 0.05) is 19.0 Å². The van der Waals surface area contributed by atoms with Gasteiger partial charge in [0.05, 0.1) is 6.10 Å². The van der Waals surface area contributed by atoms with E-state index >= 15 is 0 Å². The number of piperidine rings is 1. The summed E-state index contributed by atoms with van der Waals surface area (Å²) in [6.07, 6.45) is 3.03. The van der Waals surface area contributed by atoms with Crippen LogP contribution in [-0.4, -0.2) is 34.6 Å². The molecular weight excluding hydrogens is 190 g/mol. The molecule has 0 bridgehead atoms. The van der Waals surface area contributed by atoms with Crippen LogP contribution in [0.4, 0.5) is 0 Å². The molecule has 0 aromatic rings. The maximum absolute atomic E-state index is 11.9. The van der Waals surface area contributed by atoms with E-state index < -0.39 is 0 Å². The lowest BCUT2D eigenvalue weighted by Gasteiger charge is -2.38. The molecule has 3 atom stereocenters. The van der Waals surface area contributed by atoms with E-state index in [0.717, 1.165) is 13.0 Å². The molecule has 0 spiro atoms. The predicted octanol–water partition coefficient (Wildman–Crippen LogP) is 1.79. The highest BCUT2D eigenvalue weighted by molar-refractivity contribution is 5.76. The Bertz CT molecular complexity index is 216. The number of hydrogen-bond acceptors (Lipinski definition) is 2. The van der Waals surface area contributed by atoms with Crippen molar-refractivity contribution in [1.82, 2.24) is 4.90 Å².